The van der Waals surface area contributed by atoms with Gasteiger partial charge in [0.1, 0.15) is 5.75 Å². The van der Waals surface area contributed by atoms with Crippen LogP contribution >= 0.6 is 11.3 Å². The number of benzene rings is 1. The number of urea groups is 1. The van der Waals surface area contributed by atoms with Gasteiger partial charge in [0.15, 0.2) is 0 Å². The van der Waals surface area contributed by atoms with E-state index in [-0.39, 0.29) is 17.6 Å². The monoisotopic (exact) mass is 387 g/mol. The van der Waals surface area contributed by atoms with Crippen LogP contribution in [0.3, 0.4) is 0 Å². The number of ether oxygens (including phenoxy) is 1. The Hall–Kier alpha value is -2.05. The lowest BCUT2D eigenvalue weighted by molar-refractivity contribution is 0.157. The first-order chi connectivity index (χ1) is 12.9. The molecule has 1 aromatic heterocycles. The molecule has 1 aliphatic rings. The summed E-state index contributed by atoms with van der Waals surface area (Å²) in [7, 11) is 5.86. The van der Waals surface area contributed by atoms with Crippen molar-refractivity contribution in [2.45, 2.75) is 37.8 Å². The molecule has 1 aromatic carbocycles. The molecule has 2 N–H and O–H groups in total. The standard InChI is InChI=1S/C21H29N3O2S/c1-15(9-16-7-8-27-13-16)23-20(25)22-14-21(24(2)3)11-17-5-6-19(26-4)10-18(17)12-21/h5-8,10,13,15H,9,11-12,14H2,1-4H3,(H2,22,23,25). The van der Waals surface area contributed by atoms with Gasteiger partial charge in [0.2, 0.25) is 0 Å². The highest BCUT2D eigenvalue weighted by Crippen LogP contribution is 2.35. The third-order valence-corrected chi connectivity index (χ3v) is 6.21. The molecule has 0 saturated heterocycles. The molecule has 1 aliphatic carbocycles. The lowest BCUT2D eigenvalue weighted by Crippen LogP contribution is -2.55. The number of hydrogen-bond donors (Lipinski definition) is 2. The lowest BCUT2D eigenvalue weighted by Gasteiger charge is -2.36. The van der Waals surface area contributed by atoms with Crippen molar-refractivity contribution >= 4 is 17.4 Å². The maximum atomic E-state index is 12.4. The van der Waals surface area contributed by atoms with Crippen LogP contribution in [0.25, 0.3) is 0 Å². The molecule has 2 aromatic rings. The van der Waals surface area contributed by atoms with Crippen LogP contribution in [0, 0.1) is 0 Å². The van der Waals surface area contributed by atoms with Crippen molar-refractivity contribution in [3.05, 3.63) is 51.7 Å². The molecule has 0 radical (unpaired) electrons. The number of nitrogens with one attached hydrogen (secondary N) is 2. The summed E-state index contributed by atoms with van der Waals surface area (Å²) in [5.74, 6) is 0.885. The topological polar surface area (TPSA) is 53.6 Å². The molecule has 2 atom stereocenters. The minimum atomic E-state index is -0.108. The maximum absolute atomic E-state index is 12.4. The molecule has 0 spiro atoms. The number of carbonyl (C=O) groups is 1. The second-order valence-electron chi connectivity index (χ2n) is 7.67. The number of thiophene rings is 1. The number of fused-ring (bicyclic) bond motifs is 1. The van der Waals surface area contributed by atoms with Gasteiger partial charge in [-0.1, -0.05) is 6.07 Å². The third-order valence-electron chi connectivity index (χ3n) is 5.48. The van der Waals surface area contributed by atoms with Crippen molar-refractivity contribution in [1.29, 1.82) is 0 Å². The number of hydrogen-bond acceptors (Lipinski definition) is 4. The normalized spacial score (nSPS) is 19.6. The predicted octanol–water partition coefficient (Wildman–Crippen LogP) is 3.09. The lowest BCUT2D eigenvalue weighted by atomic mass is 9.94. The molecule has 1 heterocycles. The van der Waals surface area contributed by atoms with E-state index in [4.69, 9.17) is 4.74 Å². The summed E-state index contributed by atoms with van der Waals surface area (Å²) in [5, 5.41) is 10.3. The van der Waals surface area contributed by atoms with Gasteiger partial charge < -0.3 is 20.3 Å². The quantitative estimate of drug-likeness (QED) is 0.768. The van der Waals surface area contributed by atoms with Crippen LogP contribution in [0.15, 0.2) is 35.0 Å². The fourth-order valence-electron chi connectivity index (χ4n) is 3.77. The van der Waals surface area contributed by atoms with E-state index < -0.39 is 0 Å². The van der Waals surface area contributed by atoms with Gasteiger partial charge in [-0.15, -0.1) is 0 Å². The van der Waals surface area contributed by atoms with E-state index in [1.165, 1.54) is 16.7 Å². The smallest absolute Gasteiger partial charge is 0.315 e. The van der Waals surface area contributed by atoms with E-state index in [0.717, 1.165) is 25.0 Å². The van der Waals surface area contributed by atoms with Crippen molar-refractivity contribution < 1.29 is 9.53 Å². The number of amides is 2. The van der Waals surface area contributed by atoms with E-state index >= 15 is 0 Å². The highest BCUT2D eigenvalue weighted by molar-refractivity contribution is 7.07. The molecule has 0 aliphatic heterocycles. The van der Waals surface area contributed by atoms with Crippen LogP contribution < -0.4 is 15.4 Å². The molecule has 6 heteroatoms. The Morgan fingerprint density at radius 2 is 2.07 bits per heavy atom. The van der Waals surface area contributed by atoms with Crippen LogP contribution in [-0.4, -0.2) is 50.3 Å². The number of likely N-dealkylation sites (N-methyl/N-ethyl adjacent to an activating group) is 1. The summed E-state index contributed by atoms with van der Waals surface area (Å²) < 4.78 is 5.36. The molecule has 2 unspecified atom stereocenters. The zero-order valence-electron chi connectivity index (χ0n) is 16.5. The highest BCUT2D eigenvalue weighted by atomic mass is 32.1. The van der Waals surface area contributed by atoms with Gasteiger partial charge in [0, 0.05) is 18.1 Å². The molecule has 0 fully saturated rings. The minimum absolute atomic E-state index is 0.0972. The zero-order chi connectivity index (χ0) is 19.4. The number of rotatable bonds is 7. The Kier molecular flexibility index (Phi) is 6.07. The summed E-state index contributed by atoms with van der Waals surface area (Å²) in [6.45, 7) is 2.64. The largest absolute Gasteiger partial charge is 0.497 e. The van der Waals surface area contributed by atoms with E-state index in [0.29, 0.717) is 6.54 Å². The second-order valence-corrected chi connectivity index (χ2v) is 8.45. The van der Waals surface area contributed by atoms with Crippen molar-refractivity contribution in [1.82, 2.24) is 15.5 Å². The molecule has 27 heavy (non-hydrogen) atoms. The van der Waals surface area contributed by atoms with E-state index in [1.54, 1.807) is 18.4 Å². The Balaban J connectivity index is 1.58. The van der Waals surface area contributed by atoms with Crippen LogP contribution in [0.4, 0.5) is 4.79 Å². The van der Waals surface area contributed by atoms with Gasteiger partial charge in [-0.25, -0.2) is 4.79 Å². The number of carbonyl (C=O) groups excluding carboxylic acids is 1. The van der Waals surface area contributed by atoms with Crippen LogP contribution in [0.1, 0.15) is 23.6 Å². The SMILES string of the molecule is COc1ccc2c(c1)CC(CNC(=O)NC(C)Cc1ccsc1)(N(C)C)C2. The molecule has 3 rings (SSSR count). The molecular formula is C21H29N3O2S. The van der Waals surface area contributed by atoms with E-state index in [2.05, 4.69) is 58.6 Å². The van der Waals surface area contributed by atoms with Gasteiger partial charge in [-0.3, -0.25) is 0 Å². The summed E-state index contributed by atoms with van der Waals surface area (Å²) in [5.41, 5.74) is 3.79. The Labute approximate surface area is 165 Å². The van der Waals surface area contributed by atoms with Crippen LogP contribution in [-0.2, 0) is 19.3 Å². The first-order valence-electron chi connectivity index (χ1n) is 9.30. The average Bonchev–Trinajstić information content (AvgIpc) is 3.26. The van der Waals surface area contributed by atoms with E-state index in [9.17, 15) is 4.79 Å². The molecular weight excluding hydrogens is 358 g/mol. The Bertz CT molecular complexity index is 776. The summed E-state index contributed by atoms with van der Waals surface area (Å²) in [6, 6.07) is 8.36. The molecule has 146 valence electrons. The molecule has 0 bridgehead atoms. The fourth-order valence-corrected chi connectivity index (χ4v) is 4.45. The van der Waals surface area contributed by atoms with Crippen molar-refractivity contribution in [3.63, 3.8) is 0 Å². The van der Waals surface area contributed by atoms with Crippen molar-refractivity contribution in [2.75, 3.05) is 27.7 Å². The summed E-state index contributed by atoms with van der Waals surface area (Å²) >= 11 is 1.68. The fraction of sp³-hybridized carbons (Fsp3) is 0.476. The third kappa shape index (κ3) is 4.62. The number of methoxy groups -OCH3 is 1. The van der Waals surface area contributed by atoms with Crippen molar-refractivity contribution in [2.24, 2.45) is 0 Å². The van der Waals surface area contributed by atoms with Crippen LogP contribution in [0.2, 0.25) is 0 Å². The molecule has 5 nitrogen and oxygen atoms in total. The summed E-state index contributed by atoms with van der Waals surface area (Å²) in [6.07, 6.45) is 2.67. The first kappa shape index (κ1) is 19.7. The zero-order valence-corrected chi connectivity index (χ0v) is 17.4. The second kappa shape index (κ2) is 8.31. The van der Waals surface area contributed by atoms with Gasteiger partial charge in [0.25, 0.3) is 0 Å². The maximum Gasteiger partial charge on any atom is 0.315 e. The van der Waals surface area contributed by atoms with Gasteiger partial charge >= 0.3 is 6.03 Å². The first-order valence-corrected chi connectivity index (χ1v) is 10.2. The Morgan fingerprint density at radius 1 is 1.30 bits per heavy atom. The van der Waals surface area contributed by atoms with Gasteiger partial charge in [-0.2, -0.15) is 11.3 Å². The minimum Gasteiger partial charge on any atom is -0.497 e. The van der Waals surface area contributed by atoms with Crippen molar-refractivity contribution in [3.8, 4) is 5.75 Å². The molecule has 0 saturated carbocycles. The van der Waals surface area contributed by atoms with E-state index in [1.807, 2.05) is 13.0 Å². The Morgan fingerprint density at radius 3 is 2.74 bits per heavy atom. The summed E-state index contributed by atoms with van der Waals surface area (Å²) in [4.78, 5) is 14.6. The highest BCUT2D eigenvalue weighted by Gasteiger charge is 2.39. The van der Waals surface area contributed by atoms with Crippen LogP contribution in [0.5, 0.6) is 5.75 Å². The number of nitrogens with zero attached hydrogens (tertiary/aromatic N) is 1. The predicted molar refractivity (Wildman–Crippen MR) is 111 cm³/mol. The van der Waals surface area contributed by atoms with Gasteiger partial charge in [0.05, 0.1) is 7.11 Å². The molecule has 2 amide bonds. The average molecular weight is 388 g/mol. The van der Waals surface area contributed by atoms with Gasteiger partial charge in [-0.05, 0) is 85.9 Å².